The molecular formula is C19H26N4O3. The summed E-state index contributed by atoms with van der Waals surface area (Å²) in [5, 5.41) is 9.10. The molecule has 2 aromatic rings. The highest BCUT2D eigenvalue weighted by Gasteiger charge is 2.29. The third-order valence-electron chi connectivity index (χ3n) is 4.89. The zero-order valence-corrected chi connectivity index (χ0v) is 15.1. The Bertz CT molecular complexity index is 669. The summed E-state index contributed by atoms with van der Waals surface area (Å²) in [7, 11) is 2.03. The molecule has 26 heavy (non-hydrogen) atoms. The maximum absolute atomic E-state index is 13.2. The molecule has 1 aliphatic rings. The number of piperidine rings is 1. The molecule has 3 heterocycles. The van der Waals surface area contributed by atoms with E-state index in [9.17, 15) is 4.79 Å². The summed E-state index contributed by atoms with van der Waals surface area (Å²) in [5.41, 5.74) is 0.758. The first-order chi connectivity index (χ1) is 12.7. The van der Waals surface area contributed by atoms with Crippen molar-refractivity contribution in [3.63, 3.8) is 0 Å². The minimum Gasteiger partial charge on any atom is -0.467 e. The number of pyridine rings is 1. The van der Waals surface area contributed by atoms with Gasteiger partial charge in [-0.25, -0.2) is 4.79 Å². The van der Waals surface area contributed by atoms with Crippen molar-refractivity contribution in [3.05, 3.63) is 48.7 Å². The fourth-order valence-corrected chi connectivity index (χ4v) is 3.35. The molecule has 0 radical (unpaired) electrons. The van der Waals surface area contributed by atoms with Gasteiger partial charge in [-0.2, -0.15) is 0 Å². The summed E-state index contributed by atoms with van der Waals surface area (Å²) < 4.78 is 5.44. The molecular weight excluding hydrogens is 332 g/mol. The van der Waals surface area contributed by atoms with Gasteiger partial charge in [0.05, 0.1) is 31.3 Å². The normalized spacial score (nSPS) is 15.4. The predicted octanol–water partition coefficient (Wildman–Crippen LogP) is 2.19. The lowest BCUT2D eigenvalue weighted by atomic mass is 10.0. The van der Waals surface area contributed by atoms with Crippen LogP contribution in [0.1, 0.15) is 18.6 Å². The summed E-state index contributed by atoms with van der Waals surface area (Å²) >= 11 is 0. The Morgan fingerprint density at radius 3 is 2.77 bits per heavy atom. The van der Waals surface area contributed by atoms with Crippen molar-refractivity contribution in [1.82, 2.24) is 14.8 Å². The maximum atomic E-state index is 13.2. The number of anilines is 1. The van der Waals surface area contributed by atoms with Gasteiger partial charge in [0.1, 0.15) is 5.76 Å². The van der Waals surface area contributed by atoms with Gasteiger partial charge in [-0.3, -0.25) is 9.88 Å². The van der Waals surface area contributed by atoms with E-state index in [0.29, 0.717) is 32.2 Å². The number of urea groups is 1. The first-order valence-corrected chi connectivity index (χ1v) is 8.99. The van der Waals surface area contributed by atoms with Gasteiger partial charge in [-0.15, -0.1) is 0 Å². The van der Waals surface area contributed by atoms with Crippen LogP contribution in [0.2, 0.25) is 0 Å². The zero-order chi connectivity index (χ0) is 18.4. The second-order valence-corrected chi connectivity index (χ2v) is 6.58. The Balaban J connectivity index is 1.68. The smallest absolute Gasteiger partial charge is 0.324 e. The molecule has 0 aliphatic carbocycles. The number of hydrogen-bond donors (Lipinski definition) is 1. The van der Waals surface area contributed by atoms with E-state index >= 15 is 0 Å². The van der Waals surface area contributed by atoms with Crippen molar-refractivity contribution < 1.29 is 14.3 Å². The summed E-state index contributed by atoms with van der Waals surface area (Å²) in [6.07, 6.45) is 6.82. The van der Waals surface area contributed by atoms with E-state index < -0.39 is 0 Å². The van der Waals surface area contributed by atoms with Crippen molar-refractivity contribution in [3.8, 4) is 0 Å². The van der Waals surface area contributed by atoms with Gasteiger partial charge in [-0.1, -0.05) is 0 Å². The topological polar surface area (TPSA) is 73.1 Å². The molecule has 7 heteroatoms. The third kappa shape index (κ3) is 4.42. The molecule has 1 saturated heterocycles. The number of furan rings is 1. The molecule has 0 spiro atoms. The van der Waals surface area contributed by atoms with E-state index in [1.54, 1.807) is 23.6 Å². The number of hydrogen-bond acceptors (Lipinski definition) is 5. The largest absolute Gasteiger partial charge is 0.467 e. The number of amides is 2. The fraction of sp³-hybridized carbons (Fsp3) is 0.474. The predicted molar refractivity (Wildman–Crippen MR) is 98.8 cm³/mol. The summed E-state index contributed by atoms with van der Waals surface area (Å²) in [6, 6.07) is 7.78. The quantitative estimate of drug-likeness (QED) is 0.857. The van der Waals surface area contributed by atoms with Gasteiger partial charge in [0, 0.05) is 31.9 Å². The van der Waals surface area contributed by atoms with Crippen molar-refractivity contribution in [2.45, 2.75) is 25.4 Å². The van der Waals surface area contributed by atoms with Crippen molar-refractivity contribution >= 4 is 11.7 Å². The van der Waals surface area contributed by atoms with Crippen LogP contribution in [-0.4, -0.2) is 65.3 Å². The monoisotopic (exact) mass is 358 g/mol. The van der Waals surface area contributed by atoms with Crippen LogP contribution in [0.15, 0.2) is 47.3 Å². The Labute approximate surface area is 153 Å². The molecule has 1 aliphatic heterocycles. The highest BCUT2D eigenvalue weighted by molar-refractivity contribution is 5.91. The second kappa shape index (κ2) is 8.82. The van der Waals surface area contributed by atoms with E-state index in [1.165, 1.54) is 0 Å². The molecule has 0 saturated carbocycles. The standard InChI is InChI=1S/C19H26N4O3/c1-21(11-12-24)16-6-9-22(10-7-16)19(25)23(15-18-5-3-13-26-18)17-4-2-8-20-14-17/h2-5,8,13-14,16,24H,6-7,9-12,15H2,1H3. The highest BCUT2D eigenvalue weighted by atomic mass is 16.3. The number of likely N-dealkylation sites (N-methyl/N-ethyl adjacent to an activating group) is 1. The zero-order valence-electron chi connectivity index (χ0n) is 15.1. The van der Waals surface area contributed by atoms with Crippen molar-refractivity contribution in [2.75, 3.05) is 38.2 Å². The van der Waals surface area contributed by atoms with Gasteiger partial charge in [0.25, 0.3) is 0 Å². The lowest BCUT2D eigenvalue weighted by Crippen LogP contribution is -2.50. The fourth-order valence-electron chi connectivity index (χ4n) is 3.35. The van der Waals surface area contributed by atoms with Crippen LogP contribution in [0, 0.1) is 0 Å². The first-order valence-electron chi connectivity index (χ1n) is 8.99. The number of aromatic nitrogens is 1. The van der Waals surface area contributed by atoms with Gasteiger partial charge < -0.3 is 19.3 Å². The molecule has 1 fully saturated rings. The molecule has 0 atom stereocenters. The maximum Gasteiger partial charge on any atom is 0.324 e. The lowest BCUT2D eigenvalue weighted by Gasteiger charge is -2.38. The van der Waals surface area contributed by atoms with Gasteiger partial charge in [-0.05, 0) is 44.2 Å². The Morgan fingerprint density at radius 2 is 2.15 bits per heavy atom. The average Bonchev–Trinajstić information content (AvgIpc) is 3.20. The van der Waals surface area contributed by atoms with Crippen LogP contribution >= 0.6 is 0 Å². The minimum atomic E-state index is -0.0299. The number of nitrogens with zero attached hydrogens (tertiary/aromatic N) is 4. The van der Waals surface area contributed by atoms with E-state index in [0.717, 1.165) is 24.3 Å². The molecule has 0 aromatic carbocycles. The number of aliphatic hydroxyl groups excluding tert-OH is 1. The first kappa shape index (κ1) is 18.4. The number of rotatable bonds is 6. The van der Waals surface area contributed by atoms with E-state index in [2.05, 4.69) is 9.88 Å². The molecule has 3 rings (SSSR count). The van der Waals surface area contributed by atoms with E-state index in [-0.39, 0.29) is 12.6 Å². The molecule has 140 valence electrons. The Hall–Kier alpha value is -2.38. The molecule has 1 N–H and O–H groups in total. The second-order valence-electron chi connectivity index (χ2n) is 6.58. The van der Waals surface area contributed by atoms with E-state index in [4.69, 9.17) is 9.52 Å². The molecule has 2 aromatic heterocycles. The lowest BCUT2D eigenvalue weighted by molar-refractivity contribution is 0.120. The summed E-state index contributed by atoms with van der Waals surface area (Å²) in [4.78, 5) is 23.1. The molecule has 7 nitrogen and oxygen atoms in total. The molecule has 0 bridgehead atoms. The minimum absolute atomic E-state index is 0.0299. The number of likely N-dealkylation sites (tertiary alicyclic amines) is 1. The van der Waals surface area contributed by atoms with Gasteiger partial charge in [0.2, 0.25) is 0 Å². The van der Waals surface area contributed by atoms with Crippen LogP contribution in [0.3, 0.4) is 0 Å². The van der Waals surface area contributed by atoms with Crippen LogP contribution in [0.25, 0.3) is 0 Å². The van der Waals surface area contributed by atoms with Crippen LogP contribution in [0.5, 0.6) is 0 Å². The number of carbonyl (C=O) groups is 1. The van der Waals surface area contributed by atoms with Crippen molar-refractivity contribution in [2.24, 2.45) is 0 Å². The molecule has 0 unspecified atom stereocenters. The Morgan fingerprint density at radius 1 is 1.35 bits per heavy atom. The number of aliphatic hydroxyl groups is 1. The van der Waals surface area contributed by atoms with E-state index in [1.807, 2.05) is 36.2 Å². The summed E-state index contributed by atoms with van der Waals surface area (Å²) in [6.45, 7) is 2.61. The Kier molecular flexibility index (Phi) is 6.25. The SMILES string of the molecule is CN(CCO)C1CCN(C(=O)N(Cc2ccco2)c2cccnc2)CC1. The van der Waals surface area contributed by atoms with Crippen LogP contribution in [-0.2, 0) is 6.54 Å². The average molecular weight is 358 g/mol. The highest BCUT2D eigenvalue weighted by Crippen LogP contribution is 2.22. The summed E-state index contributed by atoms with van der Waals surface area (Å²) in [5.74, 6) is 0.736. The number of carbonyl (C=O) groups excluding carboxylic acids is 1. The van der Waals surface area contributed by atoms with Crippen LogP contribution < -0.4 is 4.90 Å². The van der Waals surface area contributed by atoms with Gasteiger partial charge >= 0.3 is 6.03 Å². The van der Waals surface area contributed by atoms with Crippen LogP contribution in [0.4, 0.5) is 10.5 Å². The van der Waals surface area contributed by atoms with Gasteiger partial charge in [0.15, 0.2) is 0 Å². The molecule has 2 amide bonds. The third-order valence-corrected chi connectivity index (χ3v) is 4.89. The van der Waals surface area contributed by atoms with Crippen molar-refractivity contribution in [1.29, 1.82) is 0 Å².